The smallest absolute Gasteiger partial charge is 0.216 e. The summed E-state index contributed by atoms with van der Waals surface area (Å²) >= 11 is 0. The summed E-state index contributed by atoms with van der Waals surface area (Å²) in [6, 6.07) is 8.40. The quantitative estimate of drug-likeness (QED) is 0.878. The molecule has 0 bridgehead atoms. The lowest BCUT2D eigenvalue weighted by Gasteiger charge is -2.32. The molecule has 0 spiro atoms. The van der Waals surface area contributed by atoms with Gasteiger partial charge in [-0.1, -0.05) is 12.1 Å². The average Bonchev–Trinajstić information content (AvgIpc) is 2.47. The van der Waals surface area contributed by atoms with E-state index in [0.29, 0.717) is 5.92 Å². The van der Waals surface area contributed by atoms with Gasteiger partial charge in [0.15, 0.2) is 0 Å². The number of rotatable bonds is 6. The summed E-state index contributed by atoms with van der Waals surface area (Å²) in [4.78, 5) is 13.5. The molecular weight excluding hydrogens is 276 g/mol. The van der Waals surface area contributed by atoms with E-state index in [-0.39, 0.29) is 12.0 Å². The minimum absolute atomic E-state index is 0.0675. The van der Waals surface area contributed by atoms with Crippen LogP contribution in [0.15, 0.2) is 24.3 Å². The predicted octanol–water partition coefficient (Wildman–Crippen LogP) is 2.82. The summed E-state index contributed by atoms with van der Waals surface area (Å²) in [6.45, 7) is 9.63. The molecule has 1 fully saturated rings. The van der Waals surface area contributed by atoms with E-state index in [1.807, 2.05) is 26.0 Å². The van der Waals surface area contributed by atoms with Gasteiger partial charge in [0.1, 0.15) is 5.75 Å². The zero-order valence-corrected chi connectivity index (χ0v) is 14.0. The Kier molecular flexibility index (Phi) is 6.25. The number of ether oxygens (including phenoxy) is 1. The van der Waals surface area contributed by atoms with E-state index in [4.69, 9.17) is 4.74 Å². The van der Waals surface area contributed by atoms with Crippen LogP contribution in [0.3, 0.4) is 0 Å². The highest BCUT2D eigenvalue weighted by atomic mass is 16.5. The number of carbonyl (C=O) groups is 1. The maximum absolute atomic E-state index is 11.0. The topological polar surface area (TPSA) is 41.6 Å². The first kappa shape index (κ1) is 16.8. The van der Waals surface area contributed by atoms with Crippen molar-refractivity contribution >= 4 is 5.91 Å². The average molecular weight is 304 g/mol. The highest BCUT2D eigenvalue weighted by Crippen LogP contribution is 2.20. The van der Waals surface area contributed by atoms with Crippen molar-refractivity contribution in [3.8, 4) is 5.75 Å². The van der Waals surface area contributed by atoms with Crippen LogP contribution in [0.2, 0.25) is 0 Å². The molecule has 1 aliphatic rings. The third-order valence-corrected chi connectivity index (χ3v) is 3.94. The number of carbonyl (C=O) groups excluding carboxylic acids is 1. The zero-order chi connectivity index (χ0) is 15.9. The monoisotopic (exact) mass is 304 g/mol. The molecule has 22 heavy (non-hydrogen) atoms. The van der Waals surface area contributed by atoms with Crippen molar-refractivity contribution in [2.24, 2.45) is 5.92 Å². The molecule has 0 radical (unpaired) electrons. The van der Waals surface area contributed by atoms with E-state index in [0.717, 1.165) is 31.9 Å². The molecule has 2 rings (SSSR count). The third kappa shape index (κ3) is 5.68. The molecule has 1 saturated heterocycles. The van der Waals surface area contributed by atoms with Crippen LogP contribution in [-0.2, 0) is 11.3 Å². The number of hydrogen-bond acceptors (Lipinski definition) is 3. The molecule has 122 valence electrons. The Morgan fingerprint density at radius 2 is 2.09 bits per heavy atom. The van der Waals surface area contributed by atoms with Gasteiger partial charge in [0.2, 0.25) is 5.91 Å². The Morgan fingerprint density at radius 3 is 2.73 bits per heavy atom. The first-order valence-electron chi connectivity index (χ1n) is 8.25. The summed E-state index contributed by atoms with van der Waals surface area (Å²) in [5.74, 6) is 1.57. The molecule has 1 aromatic rings. The summed E-state index contributed by atoms with van der Waals surface area (Å²) in [5, 5.41) is 2.94. The second kappa shape index (κ2) is 8.18. The van der Waals surface area contributed by atoms with Gasteiger partial charge in [-0.2, -0.15) is 0 Å². The number of nitrogens with one attached hydrogen (secondary N) is 1. The van der Waals surface area contributed by atoms with Crippen molar-refractivity contribution in [3.05, 3.63) is 29.8 Å². The second-order valence-corrected chi connectivity index (χ2v) is 6.49. The molecule has 4 nitrogen and oxygen atoms in total. The van der Waals surface area contributed by atoms with Crippen molar-refractivity contribution in [1.82, 2.24) is 10.2 Å². The number of amides is 1. The van der Waals surface area contributed by atoms with Crippen LogP contribution in [0.1, 0.15) is 39.2 Å². The normalized spacial score (nSPS) is 19.2. The van der Waals surface area contributed by atoms with E-state index >= 15 is 0 Å². The fourth-order valence-electron chi connectivity index (χ4n) is 2.95. The molecule has 1 aliphatic heterocycles. The van der Waals surface area contributed by atoms with Crippen LogP contribution in [0.4, 0.5) is 0 Å². The van der Waals surface area contributed by atoms with Crippen molar-refractivity contribution in [2.45, 2.75) is 46.3 Å². The van der Waals surface area contributed by atoms with Gasteiger partial charge >= 0.3 is 0 Å². The standard InChI is InChI=1S/C18H28N2O2/c1-14(2)22-18-8-6-16(7-9-18)12-20-10-4-5-17(13-20)11-19-15(3)21/h6-9,14,17H,4-5,10-13H2,1-3H3,(H,19,21)/t17-/m0/s1. The lowest BCUT2D eigenvalue weighted by molar-refractivity contribution is -0.119. The molecule has 4 heteroatoms. The molecule has 0 aliphatic carbocycles. The van der Waals surface area contributed by atoms with Crippen LogP contribution in [0.5, 0.6) is 5.75 Å². The summed E-state index contributed by atoms with van der Waals surface area (Å²) in [7, 11) is 0. The second-order valence-electron chi connectivity index (χ2n) is 6.49. The van der Waals surface area contributed by atoms with E-state index in [9.17, 15) is 4.79 Å². The van der Waals surface area contributed by atoms with Gasteiger partial charge in [-0.3, -0.25) is 9.69 Å². The number of likely N-dealkylation sites (tertiary alicyclic amines) is 1. The van der Waals surface area contributed by atoms with Crippen molar-refractivity contribution in [3.63, 3.8) is 0 Å². The Hall–Kier alpha value is -1.55. The van der Waals surface area contributed by atoms with Gasteiger partial charge in [-0.15, -0.1) is 0 Å². The largest absolute Gasteiger partial charge is 0.491 e. The van der Waals surface area contributed by atoms with Gasteiger partial charge in [0, 0.05) is 26.6 Å². The summed E-state index contributed by atoms with van der Waals surface area (Å²) in [5.41, 5.74) is 1.32. The van der Waals surface area contributed by atoms with Crippen LogP contribution in [0, 0.1) is 5.92 Å². The van der Waals surface area contributed by atoms with E-state index < -0.39 is 0 Å². The maximum Gasteiger partial charge on any atom is 0.216 e. The summed E-state index contributed by atoms with van der Waals surface area (Å²) < 4.78 is 5.68. The Bertz CT molecular complexity index is 470. The molecule has 1 amide bonds. The summed E-state index contributed by atoms with van der Waals surface area (Å²) in [6.07, 6.45) is 2.62. The molecule has 1 atom stereocenters. The minimum Gasteiger partial charge on any atom is -0.491 e. The van der Waals surface area contributed by atoms with Gasteiger partial charge in [0.25, 0.3) is 0 Å². The van der Waals surface area contributed by atoms with Crippen LogP contribution < -0.4 is 10.1 Å². The van der Waals surface area contributed by atoms with Crippen molar-refractivity contribution in [2.75, 3.05) is 19.6 Å². The lowest BCUT2D eigenvalue weighted by Crippen LogP contribution is -2.40. The minimum atomic E-state index is 0.0675. The fourth-order valence-corrected chi connectivity index (χ4v) is 2.95. The predicted molar refractivity (Wildman–Crippen MR) is 88.9 cm³/mol. The molecule has 1 N–H and O–H groups in total. The molecule has 0 unspecified atom stereocenters. The van der Waals surface area contributed by atoms with E-state index in [2.05, 4.69) is 22.3 Å². The molecule has 0 saturated carbocycles. The molecule has 1 heterocycles. The van der Waals surface area contributed by atoms with Gasteiger partial charge in [-0.05, 0) is 56.8 Å². The first-order chi connectivity index (χ1) is 10.5. The fraction of sp³-hybridized carbons (Fsp3) is 0.611. The molecule has 0 aromatic heterocycles. The molecule has 1 aromatic carbocycles. The van der Waals surface area contributed by atoms with Crippen molar-refractivity contribution in [1.29, 1.82) is 0 Å². The third-order valence-electron chi connectivity index (χ3n) is 3.94. The highest BCUT2D eigenvalue weighted by molar-refractivity contribution is 5.72. The number of hydrogen-bond donors (Lipinski definition) is 1. The first-order valence-corrected chi connectivity index (χ1v) is 8.25. The zero-order valence-electron chi connectivity index (χ0n) is 14.0. The van der Waals surface area contributed by atoms with Gasteiger partial charge in [-0.25, -0.2) is 0 Å². The van der Waals surface area contributed by atoms with Gasteiger partial charge < -0.3 is 10.1 Å². The highest BCUT2D eigenvalue weighted by Gasteiger charge is 2.20. The Labute approximate surface area is 133 Å². The number of nitrogens with zero attached hydrogens (tertiary/aromatic N) is 1. The van der Waals surface area contributed by atoms with Crippen LogP contribution in [-0.4, -0.2) is 36.5 Å². The van der Waals surface area contributed by atoms with Crippen LogP contribution in [0.25, 0.3) is 0 Å². The Morgan fingerprint density at radius 1 is 1.36 bits per heavy atom. The maximum atomic E-state index is 11.0. The van der Waals surface area contributed by atoms with E-state index in [1.54, 1.807) is 6.92 Å². The van der Waals surface area contributed by atoms with Crippen molar-refractivity contribution < 1.29 is 9.53 Å². The molecular formula is C18H28N2O2. The lowest BCUT2D eigenvalue weighted by atomic mass is 9.97. The SMILES string of the molecule is CC(=O)NC[C@@H]1CCCN(Cc2ccc(OC(C)C)cc2)C1. The Balaban J connectivity index is 1.83. The van der Waals surface area contributed by atoms with Gasteiger partial charge in [0.05, 0.1) is 6.10 Å². The van der Waals surface area contributed by atoms with Crippen LogP contribution >= 0.6 is 0 Å². The number of benzene rings is 1. The van der Waals surface area contributed by atoms with E-state index in [1.165, 1.54) is 18.4 Å². The number of piperidine rings is 1.